The number of ether oxygens (including phenoxy) is 1. The Morgan fingerprint density at radius 2 is 2.03 bits per heavy atom. The first-order valence-electron chi connectivity index (χ1n) is 10.8. The summed E-state index contributed by atoms with van der Waals surface area (Å²) in [6.45, 7) is 8.19. The first-order valence-corrected chi connectivity index (χ1v) is 10.8. The molecule has 0 unspecified atom stereocenters. The number of cyclic esters (lactones) is 1. The Bertz CT molecular complexity index is 724. The zero-order valence-electron chi connectivity index (χ0n) is 18.3. The number of aliphatic hydroxyl groups excluding tert-OH is 1. The molecule has 1 aromatic heterocycles. The molecule has 0 aromatic carbocycles. The van der Waals surface area contributed by atoms with Crippen molar-refractivity contribution in [3.05, 3.63) is 59.3 Å². The molecule has 160 valence electrons. The molecular weight excluding hydrogens is 364 g/mol. The van der Waals surface area contributed by atoms with Gasteiger partial charge in [-0.3, -0.25) is 0 Å². The molecule has 0 radical (unpaired) electrons. The summed E-state index contributed by atoms with van der Waals surface area (Å²) >= 11 is 0. The minimum Gasteiger partial charge on any atom is -0.508 e. The molecule has 2 rings (SSSR count). The van der Waals surface area contributed by atoms with Crippen molar-refractivity contribution in [2.75, 3.05) is 0 Å². The van der Waals surface area contributed by atoms with Crippen molar-refractivity contribution in [3.63, 3.8) is 0 Å². The minimum absolute atomic E-state index is 0.0841. The maximum atomic E-state index is 11.5. The Labute approximate surface area is 175 Å². The third-order valence-electron chi connectivity index (χ3n) is 5.66. The van der Waals surface area contributed by atoms with E-state index in [1.54, 1.807) is 13.2 Å². The van der Waals surface area contributed by atoms with Crippen LogP contribution in [0.2, 0.25) is 0 Å². The third-order valence-corrected chi connectivity index (χ3v) is 5.66. The number of aliphatic hydroxyl groups is 1. The molecule has 1 aliphatic rings. The SMILES string of the molecule is CC(=CC=C[C@H](C)C[C@H]1OC(=O)C(C)=C1O)CCC[C@@H](C)CCCc1ccoc1. The van der Waals surface area contributed by atoms with Crippen molar-refractivity contribution in [3.8, 4) is 0 Å². The van der Waals surface area contributed by atoms with E-state index in [4.69, 9.17) is 9.15 Å². The largest absolute Gasteiger partial charge is 0.508 e. The van der Waals surface area contributed by atoms with E-state index >= 15 is 0 Å². The van der Waals surface area contributed by atoms with Gasteiger partial charge in [0.05, 0.1) is 18.1 Å². The molecule has 4 heteroatoms. The molecule has 0 amide bonds. The van der Waals surface area contributed by atoms with Crippen LogP contribution in [0.15, 0.2) is 58.1 Å². The van der Waals surface area contributed by atoms with E-state index in [2.05, 4.69) is 39.0 Å². The number of carbonyl (C=O) groups excluding carboxylic acids is 1. The summed E-state index contributed by atoms with van der Waals surface area (Å²) in [6, 6.07) is 2.05. The van der Waals surface area contributed by atoms with E-state index in [-0.39, 0.29) is 11.7 Å². The number of carbonyl (C=O) groups is 1. The number of allylic oxidation sites excluding steroid dienone is 4. The number of furan rings is 1. The highest BCUT2D eigenvalue weighted by Gasteiger charge is 2.31. The lowest BCUT2D eigenvalue weighted by Crippen LogP contribution is -2.14. The molecule has 4 nitrogen and oxygen atoms in total. The Balaban J connectivity index is 1.60. The van der Waals surface area contributed by atoms with E-state index < -0.39 is 12.1 Å². The Morgan fingerprint density at radius 1 is 1.28 bits per heavy atom. The van der Waals surface area contributed by atoms with E-state index in [9.17, 15) is 9.90 Å². The van der Waals surface area contributed by atoms with Crippen LogP contribution in [0.5, 0.6) is 0 Å². The van der Waals surface area contributed by atoms with Crippen LogP contribution in [0, 0.1) is 11.8 Å². The first kappa shape index (κ1) is 23.1. The number of hydrogen-bond acceptors (Lipinski definition) is 4. The Kier molecular flexibility index (Phi) is 9.30. The number of rotatable bonds is 12. The van der Waals surface area contributed by atoms with Gasteiger partial charge in [-0.1, -0.05) is 50.5 Å². The quantitative estimate of drug-likeness (QED) is 0.313. The van der Waals surface area contributed by atoms with Crippen molar-refractivity contribution in [1.29, 1.82) is 0 Å². The van der Waals surface area contributed by atoms with Crippen molar-refractivity contribution in [2.24, 2.45) is 11.8 Å². The van der Waals surface area contributed by atoms with Gasteiger partial charge in [0.15, 0.2) is 6.10 Å². The lowest BCUT2D eigenvalue weighted by molar-refractivity contribution is -0.140. The predicted octanol–water partition coefficient (Wildman–Crippen LogP) is 6.69. The number of hydrogen-bond donors (Lipinski definition) is 1. The van der Waals surface area contributed by atoms with Gasteiger partial charge in [-0.05, 0) is 69.4 Å². The van der Waals surface area contributed by atoms with Gasteiger partial charge in [-0.2, -0.15) is 0 Å². The molecule has 1 aliphatic heterocycles. The van der Waals surface area contributed by atoms with Crippen LogP contribution in [-0.2, 0) is 16.0 Å². The molecule has 2 heterocycles. The summed E-state index contributed by atoms with van der Waals surface area (Å²) in [4.78, 5) is 11.5. The smallest absolute Gasteiger partial charge is 0.337 e. The highest BCUT2D eigenvalue weighted by atomic mass is 16.6. The van der Waals surface area contributed by atoms with Crippen molar-refractivity contribution in [2.45, 2.75) is 78.7 Å². The fourth-order valence-electron chi connectivity index (χ4n) is 3.65. The van der Waals surface area contributed by atoms with Gasteiger partial charge < -0.3 is 14.3 Å². The van der Waals surface area contributed by atoms with Gasteiger partial charge in [0, 0.05) is 0 Å². The molecule has 0 spiro atoms. The highest BCUT2D eigenvalue weighted by molar-refractivity contribution is 5.90. The van der Waals surface area contributed by atoms with E-state index in [0.29, 0.717) is 12.0 Å². The van der Waals surface area contributed by atoms with Gasteiger partial charge in [0.25, 0.3) is 0 Å². The first-order chi connectivity index (χ1) is 13.9. The zero-order valence-corrected chi connectivity index (χ0v) is 18.3. The van der Waals surface area contributed by atoms with Gasteiger partial charge in [-0.25, -0.2) is 4.79 Å². The van der Waals surface area contributed by atoms with Crippen LogP contribution < -0.4 is 0 Å². The Hall–Kier alpha value is -2.23. The van der Waals surface area contributed by atoms with Crippen LogP contribution in [-0.4, -0.2) is 17.2 Å². The molecule has 0 bridgehead atoms. The molecular formula is C25H36O4. The summed E-state index contributed by atoms with van der Waals surface area (Å²) in [5, 5.41) is 9.93. The van der Waals surface area contributed by atoms with Crippen LogP contribution in [0.3, 0.4) is 0 Å². The van der Waals surface area contributed by atoms with E-state index in [1.165, 1.54) is 36.8 Å². The van der Waals surface area contributed by atoms with Crippen LogP contribution >= 0.6 is 0 Å². The van der Waals surface area contributed by atoms with Gasteiger partial charge in [0.1, 0.15) is 5.76 Å². The normalized spacial score (nSPS) is 19.8. The standard InChI is InChI=1S/C25H36O4/c1-18(8-5-9-19(2)11-7-13-22-14-15-28-17-22)10-6-12-20(3)16-23-24(26)21(4)25(27)29-23/h6,10,12,14-15,17,19-20,23,26H,5,7-9,11,13,16H2,1-4H3/t19-,20+,23-/m1/s1. The minimum atomic E-state index is -0.498. The summed E-state index contributed by atoms with van der Waals surface area (Å²) < 4.78 is 10.3. The topological polar surface area (TPSA) is 59.7 Å². The fourth-order valence-corrected chi connectivity index (χ4v) is 3.65. The summed E-state index contributed by atoms with van der Waals surface area (Å²) in [6.07, 6.45) is 17.2. The number of esters is 1. The molecule has 3 atom stereocenters. The maximum absolute atomic E-state index is 11.5. The van der Waals surface area contributed by atoms with Crippen molar-refractivity contribution in [1.82, 2.24) is 0 Å². The molecule has 1 aromatic rings. The maximum Gasteiger partial charge on any atom is 0.337 e. The summed E-state index contributed by atoms with van der Waals surface area (Å²) in [7, 11) is 0. The average Bonchev–Trinajstić information content (AvgIpc) is 3.27. The molecule has 1 N–H and O–H groups in total. The third kappa shape index (κ3) is 7.96. The predicted molar refractivity (Wildman–Crippen MR) is 117 cm³/mol. The van der Waals surface area contributed by atoms with Crippen LogP contribution in [0.1, 0.15) is 71.8 Å². The summed E-state index contributed by atoms with van der Waals surface area (Å²) in [5.41, 5.74) is 3.01. The van der Waals surface area contributed by atoms with Crippen molar-refractivity contribution < 1.29 is 19.1 Å². The van der Waals surface area contributed by atoms with Crippen LogP contribution in [0.25, 0.3) is 0 Å². The van der Waals surface area contributed by atoms with Gasteiger partial charge >= 0.3 is 5.97 Å². The lowest BCUT2D eigenvalue weighted by Gasteiger charge is -2.13. The molecule has 29 heavy (non-hydrogen) atoms. The molecule has 0 saturated heterocycles. The average molecular weight is 401 g/mol. The van der Waals surface area contributed by atoms with E-state index in [0.717, 1.165) is 18.8 Å². The van der Waals surface area contributed by atoms with E-state index in [1.807, 2.05) is 12.3 Å². The monoisotopic (exact) mass is 400 g/mol. The molecule has 0 fully saturated rings. The lowest BCUT2D eigenvalue weighted by atomic mass is 9.95. The van der Waals surface area contributed by atoms with Gasteiger partial charge in [-0.15, -0.1) is 0 Å². The fraction of sp³-hybridized carbons (Fsp3) is 0.560. The van der Waals surface area contributed by atoms with Crippen LogP contribution in [0.4, 0.5) is 0 Å². The number of aryl methyl sites for hydroxylation is 1. The second-order valence-corrected chi connectivity index (χ2v) is 8.54. The Morgan fingerprint density at radius 3 is 2.69 bits per heavy atom. The van der Waals surface area contributed by atoms with Gasteiger partial charge in [0.2, 0.25) is 0 Å². The van der Waals surface area contributed by atoms with Crippen molar-refractivity contribution >= 4 is 5.97 Å². The zero-order chi connectivity index (χ0) is 21.2. The molecule has 0 saturated carbocycles. The molecule has 0 aliphatic carbocycles. The second kappa shape index (κ2) is 11.7. The highest BCUT2D eigenvalue weighted by Crippen LogP contribution is 2.26. The summed E-state index contributed by atoms with van der Waals surface area (Å²) in [5.74, 6) is 0.653. The second-order valence-electron chi connectivity index (χ2n) is 8.54.